The Hall–Kier alpha value is -1.86. The lowest BCUT2D eigenvalue weighted by Gasteiger charge is -2.36. The van der Waals surface area contributed by atoms with Gasteiger partial charge in [0.15, 0.2) is 0 Å². The van der Waals surface area contributed by atoms with Crippen molar-refractivity contribution in [3.8, 4) is 0 Å². The molecule has 2 aliphatic rings. The highest BCUT2D eigenvalue weighted by atomic mass is 79.9. The summed E-state index contributed by atoms with van der Waals surface area (Å²) in [6.07, 6.45) is 1.70. The fraction of sp³-hybridized carbons (Fsp3) is 0.500. The van der Waals surface area contributed by atoms with Gasteiger partial charge in [-0.25, -0.2) is 0 Å². The molecule has 1 unspecified atom stereocenters. The van der Waals surface area contributed by atoms with E-state index in [9.17, 15) is 9.59 Å². The summed E-state index contributed by atoms with van der Waals surface area (Å²) < 4.78 is 8.11. The second kappa shape index (κ2) is 7.64. The summed E-state index contributed by atoms with van der Waals surface area (Å²) in [6, 6.07) is 7.97. The van der Waals surface area contributed by atoms with Gasteiger partial charge in [-0.15, -0.1) is 0 Å². The van der Waals surface area contributed by atoms with E-state index in [2.05, 4.69) is 15.9 Å². The molecule has 2 aromatic rings. The second-order valence-corrected chi connectivity index (χ2v) is 8.06. The maximum Gasteiger partial charge on any atom is 0.271 e. The molecule has 0 spiro atoms. The molecular formula is C20H24BrN3O3. The number of aryl methyl sites for hydroxylation is 1. The summed E-state index contributed by atoms with van der Waals surface area (Å²) in [5.74, 6) is 0.0289. The van der Waals surface area contributed by atoms with E-state index in [1.165, 1.54) is 0 Å². The predicted molar refractivity (Wildman–Crippen MR) is 107 cm³/mol. The summed E-state index contributed by atoms with van der Waals surface area (Å²) in [4.78, 5) is 29.9. The SMILES string of the molecule is Cn1c(C(=O)N2CCCC(C(=O)N3CCOCC3)C2)c(Br)c2ccccc21. The van der Waals surface area contributed by atoms with Crippen LogP contribution in [0.2, 0.25) is 0 Å². The molecule has 4 rings (SSSR count). The molecule has 2 saturated heterocycles. The van der Waals surface area contributed by atoms with Crippen LogP contribution in [0.1, 0.15) is 23.3 Å². The zero-order chi connectivity index (χ0) is 19.0. The van der Waals surface area contributed by atoms with Gasteiger partial charge in [-0.2, -0.15) is 0 Å². The van der Waals surface area contributed by atoms with Crippen LogP contribution < -0.4 is 0 Å². The number of carbonyl (C=O) groups is 2. The third-order valence-electron chi connectivity index (χ3n) is 5.63. The number of ether oxygens (including phenoxy) is 1. The minimum atomic E-state index is -0.116. The van der Waals surface area contributed by atoms with Crippen LogP contribution in [0.25, 0.3) is 10.9 Å². The molecule has 27 heavy (non-hydrogen) atoms. The number of rotatable bonds is 2. The maximum absolute atomic E-state index is 13.3. The molecule has 1 aromatic carbocycles. The van der Waals surface area contributed by atoms with Gasteiger partial charge in [-0.05, 0) is 34.8 Å². The van der Waals surface area contributed by atoms with Gasteiger partial charge in [0.25, 0.3) is 5.91 Å². The van der Waals surface area contributed by atoms with Gasteiger partial charge >= 0.3 is 0 Å². The number of hydrogen-bond donors (Lipinski definition) is 0. The van der Waals surface area contributed by atoms with E-state index in [-0.39, 0.29) is 17.7 Å². The number of likely N-dealkylation sites (tertiary alicyclic amines) is 1. The second-order valence-electron chi connectivity index (χ2n) is 7.27. The monoisotopic (exact) mass is 433 g/mol. The van der Waals surface area contributed by atoms with E-state index in [1.54, 1.807) is 0 Å². The average molecular weight is 434 g/mol. The molecule has 0 N–H and O–H groups in total. The molecule has 2 amide bonds. The van der Waals surface area contributed by atoms with Crippen LogP contribution in [0.4, 0.5) is 0 Å². The molecule has 6 nitrogen and oxygen atoms in total. The number of fused-ring (bicyclic) bond motifs is 1. The Bertz CT molecular complexity index is 834. The van der Waals surface area contributed by atoms with Crippen LogP contribution in [0, 0.1) is 5.92 Å². The van der Waals surface area contributed by atoms with Crippen molar-refractivity contribution >= 4 is 38.6 Å². The minimum Gasteiger partial charge on any atom is -0.378 e. The van der Waals surface area contributed by atoms with Crippen molar-refractivity contribution in [2.75, 3.05) is 39.4 Å². The Morgan fingerprint density at radius 3 is 2.59 bits per heavy atom. The summed E-state index contributed by atoms with van der Waals surface area (Å²) in [5.41, 5.74) is 1.67. The topological polar surface area (TPSA) is 54.8 Å². The normalized spacial score (nSPS) is 20.9. The molecule has 0 bridgehead atoms. The zero-order valence-corrected chi connectivity index (χ0v) is 17.1. The summed E-state index contributed by atoms with van der Waals surface area (Å²) >= 11 is 3.62. The molecule has 0 saturated carbocycles. The number of hydrogen-bond acceptors (Lipinski definition) is 3. The molecular weight excluding hydrogens is 410 g/mol. The first-order chi connectivity index (χ1) is 13.1. The van der Waals surface area contributed by atoms with Gasteiger partial charge in [-0.1, -0.05) is 18.2 Å². The number of carbonyl (C=O) groups excluding carboxylic acids is 2. The first-order valence-corrected chi connectivity index (χ1v) is 10.3. The molecule has 2 aliphatic heterocycles. The minimum absolute atomic E-state index is 0.0138. The van der Waals surface area contributed by atoms with E-state index in [1.807, 2.05) is 45.7 Å². The Kier molecular flexibility index (Phi) is 5.23. The molecule has 1 aromatic heterocycles. The third kappa shape index (κ3) is 3.38. The Labute approximate surface area is 167 Å². The number of halogens is 1. The number of amides is 2. The van der Waals surface area contributed by atoms with Crippen LogP contribution in [0.5, 0.6) is 0 Å². The molecule has 0 aliphatic carbocycles. The molecule has 1 atom stereocenters. The zero-order valence-electron chi connectivity index (χ0n) is 15.5. The van der Waals surface area contributed by atoms with Crippen molar-refractivity contribution < 1.29 is 14.3 Å². The van der Waals surface area contributed by atoms with Crippen LogP contribution in [-0.2, 0) is 16.6 Å². The Balaban J connectivity index is 1.55. The van der Waals surface area contributed by atoms with Crippen molar-refractivity contribution in [3.63, 3.8) is 0 Å². The molecule has 144 valence electrons. The van der Waals surface area contributed by atoms with Crippen LogP contribution in [0.15, 0.2) is 28.7 Å². The fourth-order valence-corrected chi connectivity index (χ4v) is 4.91. The fourth-order valence-electron chi connectivity index (χ4n) is 4.14. The van der Waals surface area contributed by atoms with E-state index in [0.717, 1.165) is 28.2 Å². The van der Waals surface area contributed by atoms with Crippen molar-refractivity contribution in [1.29, 1.82) is 0 Å². The number of morpholine rings is 1. The smallest absolute Gasteiger partial charge is 0.271 e. The molecule has 3 heterocycles. The van der Waals surface area contributed by atoms with E-state index >= 15 is 0 Å². The van der Waals surface area contributed by atoms with Gasteiger partial charge in [0.2, 0.25) is 5.91 Å². The number of piperidine rings is 1. The van der Waals surface area contributed by atoms with Crippen LogP contribution >= 0.6 is 15.9 Å². The molecule has 2 fully saturated rings. The Morgan fingerprint density at radius 2 is 1.85 bits per heavy atom. The lowest BCUT2D eigenvalue weighted by atomic mass is 9.96. The predicted octanol–water partition coefficient (Wildman–Crippen LogP) is 2.65. The van der Waals surface area contributed by atoms with Gasteiger partial charge < -0.3 is 19.1 Å². The van der Waals surface area contributed by atoms with Crippen molar-refractivity contribution in [2.24, 2.45) is 13.0 Å². The average Bonchev–Trinajstić information content (AvgIpc) is 2.98. The number of nitrogens with zero attached hydrogens (tertiary/aromatic N) is 3. The summed E-state index contributed by atoms with van der Waals surface area (Å²) in [7, 11) is 1.92. The van der Waals surface area contributed by atoms with Crippen molar-refractivity contribution in [1.82, 2.24) is 14.4 Å². The van der Waals surface area contributed by atoms with E-state index < -0.39 is 0 Å². The third-order valence-corrected chi connectivity index (χ3v) is 6.43. The van der Waals surface area contributed by atoms with Crippen molar-refractivity contribution in [3.05, 3.63) is 34.4 Å². The number of benzene rings is 1. The largest absolute Gasteiger partial charge is 0.378 e. The van der Waals surface area contributed by atoms with Gasteiger partial charge in [0.05, 0.1) is 23.6 Å². The van der Waals surface area contributed by atoms with Gasteiger partial charge in [-0.3, -0.25) is 9.59 Å². The van der Waals surface area contributed by atoms with Crippen molar-refractivity contribution in [2.45, 2.75) is 12.8 Å². The van der Waals surface area contributed by atoms with Crippen LogP contribution in [0.3, 0.4) is 0 Å². The number of para-hydroxylation sites is 1. The first kappa shape index (κ1) is 18.5. The van der Waals surface area contributed by atoms with Gasteiger partial charge in [0.1, 0.15) is 5.69 Å². The Morgan fingerprint density at radius 1 is 1.11 bits per heavy atom. The van der Waals surface area contributed by atoms with Crippen LogP contribution in [-0.4, -0.2) is 65.6 Å². The summed E-state index contributed by atoms with van der Waals surface area (Å²) in [5, 5.41) is 1.03. The maximum atomic E-state index is 13.3. The highest BCUT2D eigenvalue weighted by Gasteiger charge is 2.33. The summed E-state index contributed by atoms with van der Waals surface area (Å²) in [6.45, 7) is 3.69. The molecule has 0 radical (unpaired) electrons. The number of aromatic nitrogens is 1. The molecule has 7 heteroatoms. The standard InChI is InChI=1S/C20H24BrN3O3/c1-22-16-7-3-2-6-15(16)17(21)18(22)20(26)24-8-4-5-14(13-24)19(25)23-9-11-27-12-10-23/h2-3,6-7,14H,4-5,8-13H2,1H3. The lowest BCUT2D eigenvalue weighted by molar-refractivity contribution is -0.141. The lowest BCUT2D eigenvalue weighted by Crippen LogP contribution is -2.49. The quantitative estimate of drug-likeness (QED) is 0.731. The first-order valence-electron chi connectivity index (χ1n) is 9.46. The highest BCUT2D eigenvalue weighted by Crippen LogP contribution is 2.32. The highest BCUT2D eigenvalue weighted by molar-refractivity contribution is 9.10. The van der Waals surface area contributed by atoms with E-state index in [0.29, 0.717) is 45.1 Å². The van der Waals surface area contributed by atoms with E-state index in [4.69, 9.17) is 4.74 Å². The van der Waals surface area contributed by atoms with Gasteiger partial charge in [0, 0.05) is 44.1 Å².